The van der Waals surface area contributed by atoms with Gasteiger partial charge in [-0.15, -0.1) is 0 Å². The molecule has 0 aromatic rings. The molecule has 0 amide bonds. The highest BCUT2D eigenvalue weighted by Gasteiger charge is 2.20. The average Bonchev–Trinajstić information content (AvgIpc) is 1.99. The van der Waals surface area contributed by atoms with Crippen LogP contribution in [0.25, 0.3) is 0 Å². The van der Waals surface area contributed by atoms with Crippen molar-refractivity contribution in [2.75, 3.05) is 26.2 Å². The van der Waals surface area contributed by atoms with E-state index in [0.717, 1.165) is 24.8 Å². The Balaban J connectivity index is 2.24. The molecule has 2 heteroatoms. The smallest absolute Gasteiger partial charge is 0.0443 e. The summed E-state index contributed by atoms with van der Waals surface area (Å²) in [4.78, 5) is 2.48. The summed E-state index contributed by atoms with van der Waals surface area (Å²) in [6.45, 7) is 8.50. The Bertz CT molecular complexity index is 117. The van der Waals surface area contributed by atoms with Crippen molar-refractivity contribution in [3.05, 3.63) is 0 Å². The van der Waals surface area contributed by atoms with Crippen LogP contribution in [0.5, 0.6) is 0 Å². The first-order valence-corrected chi connectivity index (χ1v) is 5.05. The zero-order valence-corrected chi connectivity index (χ0v) is 8.29. The number of piperidine rings is 1. The molecule has 0 radical (unpaired) electrons. The van der Waals surface area contributed by atoms with Gasteiger partial charge < -0.3 is 10.0 Å². The van der Waals surface area contributed by atoms with E-state index in [9.17, 15) is 0 Å². The summed E-state index contributed by atoms with van der Waals surface area (Å²) in [6, 6.07) is 0. The van der Waals surface area contributed by atoms with Crippen LogP contribution in [-0.4, -0.2) is 36.2 Å². The standard InChI is InChI=1S/C10H21NO/c1-9-6-10(2)8-11(7-9)4-3-5-12/h9-10,12H,3-8H2,1-2H3/t9-,10-/m1/s1. The number of nitrogens with zero attached hydrogens (tertiary/aromatic N) is 1. The molecule has 1 aliphatic heterocycles. The molecule has 1 aliphatic rings. The number of aliphatic hydroxyl groups is 1. The molecule has 0 bridgehead atoms. The number of rotatable bonds is 3. The van der Waals surface area contributed by atoms with Crippen molar-refractivity contribution in [3.8, 4) is 0 Å². The highest BCUT2D eigenvalue weighted by molar-refractivity contribution is 4.74. The van der Waals surface area contributed by atoms with Crippen LogP contribution in [0.4, 0.5) is 0 Å². The van der Waals surface area contributed by atoms with Gasteiger partial charge in [-0.25, -0.2) is 0 Å². The third-order valence-electron chi connectivity index (χ3n) is 2.58. The molecule has 2 nitrogen and oxygen atoms in total. The second-order valence-electron chi connectivity index (χ2n) is 4.28. The molecule has 0 aromatic carbocycles. The maximum Gasteiger partial charge on any atom is 0.0443 e. The molecule has 0 aromatic heterocycles. The van der Waals surface area contributed by atoms with Crippen LogP contribution >= 0.6 is 0 Å². The Morgan fingerprint density at radius 1 is 1.25 bits per heavy atom. The largest absolute Gasteiger partial charge is 0.396 e. The molecule has 0 unspecified atom stereocenters. The first-order valence-electron chi connectivity index (χ1n) is 5.05. The van der Waals surface area contributed by atoms with Gasteiger partial charge in [0.2, 0.25) is 0 Å². The van der Waals surface area contributed by atoms with E-state index in [1.165, 1.54) is 19.5 Å². The van der Waals surface area contributed by atoms with Gasteiger partial charge in [0.05, 0.1) is 0 Å². The van der Waals surface area contributed by atoms with E-state index in [1.807, 2.05) is 0 Å². The van der Waals surface area contributed by atoms with E-state index < -0.39 is 0 Å². The molecule has 0 spiro atoms. The molecule has 12 heavy (non-hydrogen) atoms. The number of aliphatic hydroxyl groups excluding tert-OH is 1. The summed E-state index contributed by atoms with van der Waals surface area (Å²) >= 11 is 0. The maximum atomic E-state index is 8.70. The van der Waals surface area contributed by atoms with Gasteiger partial charge in [-0.2, -0.15) is 0 Å². The minimum atomic E-state index is 0.333. The van der Waals surface area contributed by atoms with Gasteiger partial charge >= 0.3 is 0 Å². The average molecular weight is 171 g/mol. The lowest BCUT2D eigenvalue weighted by Crippen LogP contribution is -2.39. The Labute approximate surface area is 75.6 Å². The molecule has 0 saturated carbocycles. The molecule has 0 aliphatic carbocycles. The van der Waals surface area contributed by atoms with Gasteiger partial charge in [-0.05, 0) is 24.7 Å². The van der Waals surface area contributed by atoms with Crippen molar-refractivity contribution in [1.29, 1.82) is 0 Å². The van der Waals surface area contributed by atoms with E-state index in [-0.39, 0.29) is 0 Å². The monoisotopic (exact) mass is 171 g/mol. The lowest BCUT2D eigenvalue weighted by atomic mass is 9.92. The molecule has 72 valence electrons. The Morgan fingerprint density at radius 2 is 1.83 bits per heavy atom. The zero-order chi connectivity index (χ0) is 8.97. The van der Waals surface area contributed by atoms with Gasteiger partial charge in [-0.1, -0.05) is 13.8 Å². The quantitative estimate of drug-likeness (QED) is 0.693. The van der Waals surface area contributed by atoms with Gasteiger partial charge in [0.25, 0.3) is 0 Å². The number of likely N-dealkylation sites (tertiary alicyclic amines) is 1. The molecule has 1 rings (SSSR count). The lowest BCUT2D eigenvalue weighted by molar-refractivity contribution is 0.130. The predicted molar refractivity (Wildman–Crippen MR) is 51.1 cm³/mol. The molecule has 1 heterocycles. The fourth-order valence-corrected chi connectivity index (χ4v) is 2.27. The number of hydrogen-bond donors (Lipinski definition) is 1. The van der Waals surface area contributed by atoms with Crippen LogP contribution in [0.2, 0.25) is 0 Å². The normalized spacial score (nSPS) is 32.2. The Hall–Kier alpha value is -0.0800. The topological polar surface area (TPSA) is 23.5 Å². The van der Waals surface area contributed by atoms with E-state index in [1.54, 1.807) is 0 Å². The van der Waals surface area contributed by atoms with E-state index >= 15 is 0 Å². The number of hydrogen-bond acceptors (Lipinski definition) is 2. The Kier molecular flexibility index (Phi) is 4.02. The fraction of sp³-hybridized carbons (Fsp3) is 1.00. The fourth-order valence-electron chi connectivity index (χ4n) is 2.27. The SMILES string of the molecule is C[C@@H]1C[C@@H](C)CN(CCCO)C1. The maximum absolute atomic E-state index is 8.70. The minimum absolute atomic E-state index is 0.333. The van der Waals surface area contributed by atoms with Gasteiger partial charge in [0.15, 0.2) is 0 Å². The third-order valence-corrected chi connectivity index (χ3v) is 2.58. The van der Waals surface area contributed by atoms with Crippen LogP contribution < -0.4 is 0 Å². The van der Waals surface area contributed by atoms with Crippen molar-refractivity contribution >= 4 is 0 Å². The van der Waals surface area contributed by atoms with E-state index in [0.29, 0.717) is 6.61 Å². The third kappa shape index (κ3) is 3.11. The summed E-state index contributed by atoms with van der Waals surface area (Å²) in [5.41, 5.74) is 0. The van der Waals surface area contributed by atoms with Crippen molar-refractivity contribution in [2.24, 2.45) is 11.8 Å². The van der Waals surface area contributed by atoms with Crippen molar-refractivity contribution in [1.82, 2.24) is 4.90 Å². The van der Waals surface area contributed by atoms with Crippen LogP contribution in [-0.2, 0) is 0 Å². The minimum Gasteiger partial charge on any atom is -0.396 e. The Morgan fingerprint density at radius 3 is 2.33 bits per heavy atom. The second kappa shape index (κ2) is 4.83. The van der Waals surface area contributed by atoms with E-state index in [4.69, 9.17) is 5.11 Å². The van der Waals surface area contributed by atoms with Crippen molar-refractivity contribution in [3.63, 3.8) is 0 Å². The summed E-state index contributed by atoms with van der Waals surface area (Å²) in [5.74, 6) is 1.68. The molecule has 2 atom stereocenters. The summed E-state index contributed by atoms with van der Waals surface area (Å²) in [5, 5.41) is 8.70. The van der Waals surface area contributed by atoms with Crippen molar-refractivity contribution in [2.45, 2.75) is 26.7 Å². The van der Waals surface area contributed by atoms with Crippen molar-refractivity contribution < 1.29 is 5.11 Å². The van der Waals surface area contributed by atoms with Crippen LogP contribution in [0.3, 0.4) is 0 Å². The van der Waals surface area contributed by atoms with Gasteiger partial charge in [0.1, 0.15) is 0 Å². The summed E-state index contributed by atoms with van der Waals surface area (Å²) in [6.07, 6.45) is 2.30. The van der Waals surface area contributed by atoms with Gasteiger partial charge in [-0.3, -0.25) is 0 Å². The molecule has 1 N–H and O–H groups in total. The lowest BCUT2D eigenvalue weighted by Gasteiger charge is -2.34. The van der Waals surface area contributed by atoms with Crippen LogP contribution in [0.1, 0.15) is 26.7 Å². The van der Waals surface area contributed by atoms with Crippen LogP contribution in [0.15, 0.2) is 0 Å². The zero-order valence-electron chi connectivity index (χ0n) is 8.29. The molecular formula is C10H21NO. The predicted octanol–water partition coefficient (Wildman–Crippen LogP) is 1.35. The molecule has 1 fully saturated rings. The first kappa shape index (κ1) is 10.0. The summed E-state index contributed by atoms with van der Waals surface area (Å²) in [7, 11) is 0. The molecule has 1 saturated heterocycles. The second-order valence-corrected chi connectivity index (χ2v) is 4.28. The highest BCUT2D eigenvalue weighted by Crippen LogP contribution is 2.20. The molecular weight excluding hydrogens is 150 g/mol. The first-order chi connectivity index (χ1) is 5.72. The van der Waals surface area contributed by atoms with E-state index in [2.05, 4.69) is 18.7 Å². The highest BCUT2D eigenvalue weighted by atomic mass is 16.3. The van der Waals surface area contributed by atoms with Gasteiger partial charge in [0, 0.05) is 26.2 Å². The summed E-state index contributed by atoms with van der Waals surface area (Å²) < 4.78 is 0. The van der Waals surface area contributed by atoms with Crippen LogP contribution in [0, 0.1) is 11.8 Å².